The van der Waals surface area contributed by atoms with Gasteiger partial charge in [0.2, 0.25) is 11.8 Å². The lowest BCUT2D eigenvalue weighted by Crippen LogP contribution is -2.44. The predicted octanol–water partition coefficient (Wildman–Crippen LogP) is 2.65. The van der Waals surface area contributed by atoms with E-state index in [-0.39, 0.29) is 23.5 Å². The third kappa shape index (κ3) is 5.21. The van der Waals surface area contributed by atoms with Crippen LogP contribution in [0.5, 0.6) is 0 Å². The molecule has 3 N–H and O–H groups in total. The van der Waals surface area contributed by atoms with E-state index >= 15 is 0 Å². The standard InChI is InChI=1S/C16H25N3O2S2/c1-9-6-4-5-7-12(9)19-15(21)11(3)22-16-18-10(2)13(23-16)8-14(17)20/h9,11-12H,4-8H2,1-3H3,(H2,17,20)(H,19,21). The zero-order valence-electron chi connectivity index (χ0n) is 13.9. The molecule has 23 heavy (non-hydrogen) atoms. The van der Waals surface area contributed by atoms with Crippen LogP contribution in [0.15, 0.2) is 4.34 Å². The third-order valence-corrected chi connectivity index (χ3v) is 6.65. The Hall–Kier alpha value is -1.08. The Morgan fingerprint density at radius 3 is 2.78 bits per heavy atom. The minimum absolute atomic E-state index is 0.0676. The van der Waals surface area contributed by atoms with Gasteiger partial charge in [-0.2, -0.15) is 0 Å². The lowest BCUT2D eigenvalue weighted by molar-refractivity contribution is -0.121. The average molecular weight is 356 g/mol. The number of aromatic nitrogens is 1. The average Bonchev–Trinajstić information content (AvgIpc) is 2.80. The molecule has 2 amide bonds. The number of primary amides is 1. The summed E-state index contributed by atoms with van der Waals surface area (Å²) in [6.45, 7) is 5.98. The van der Waals surface area contributed by atoms with Gasteiger partial charge in [0.15, 0.2) is 4.34 Å². The van der Waals surface area contributed by atoms with Crippen molar-refractivity contribution in [2.75, 3.05) is 0 Å². The molecule has 1 aliphatic carbocycles. The molecule has 3 unspecified atom stereocenters. The molecular formula is C16H25N3O2S2. The predicted molar refractivity (Wildman–Crippen MR) is 94.6 cm³/mol. The second-order valence-corrected chi connectivity index (χ2v) is 8.94. The topological polar surface area (TPSA) is 85.1 Å². The summed E-state index contributed by atoms with van der Waals surface area (Å²) in [5.74, 6) is 0.262. The summed E-state index contributed by atoms with van der Waals surface area (Å²) in [5.41, 5.74) is 6.06. The van der Waals surface area contributed by atoms with Crippen molar-refractivity contribution >= 4 is 34.9 Å². The smallest absolute Gasteiger partial charge is 0.233 e. The van der Waals surface area contributed by atoms with E-state index in [0.717, 1.165) is 21.3 Å². The number of nitrogens with one attached hydrogen (secondary N) is 1. The van der Waals surface area contributed by atoms with Crippen LogP contribution in [0.2, 0.25) is 0 Å². The number of thioether (sulfide) groups is 1. The molecule has 3 atom stereocenters. The fourth-order valence-corrected chi connectivity index (χ4v) is 5.21. The molecule has 0 bridgehead atoms. The largest absolute Gasteiger partial charge is 0.369 e. The fraction of sp³-hybridized carbons (Fsp3) is 0.688. The molecule has 1 aliphatic rings. The Balaban J connectivity index is 1.91. The Morgan fingerprint density at radius 2 is 2.13 bits per heavy atom. The van der Waals surface area contributed by atoms with Gasteiger partial charge in [-0.1, -0.05) is 31.5 Å². The summed E-state index contributed by atoms with van der Waals surface area (Å²) in [7, 11) is 0. The number of rotatable bonds is 6. The maximum Gasteiger partial charge on any atom is 0.233 e. The number of hydrogen-bond donors (Lipinski definition) is 2. The molecule has 0 spiro atoms. The van der Waals surface area contributed by atoms with Gasteiger partial charge in [0.05, 0.1) is 17.4 Å². The van der Waals surface area contributed by atoms with Crippen molar-refractivity contribution in [2.24, 2.45) is 11.7 Å². The number of hydrogen-bond acceptors (Lipinski definition) is 5. The van der Waals surface area contributed by atoms with E-state index in [4.69, 9.17) is 5.73 Å². The van der Waals surface area contributed by atoms with Crippen molar-refractivity contribution in [3.8, 4) is 0 Å². The molecule has 0 aromatic carbocycles. The van der Waals surface area contributed by atoms with Crippen LogP contribution in [-0.2, 0) is 16.0 Å². The molecular weight excluding hydrogens is 330 g/mol. The number of thiazole rings is 1. The van der Waals surface area contributed by atoms with Gasteiger partial charge in [-0.15, -0.1) is 11.3 Å². The maximum absolute atomic E-state index is 12.4. The quantitative estimate of drug-likeness (QED) is 0.768. The van der Waals surface area contributed by atoms with Crippen LogP contribution in [0, 0.1) is 12.8 Å². The second-order valence-electron chi connectivity index (χ2n) is 6.27. The molecule has 0 saturated heterocycles. The van der Waals surface area contributed by atoms with E-state index in [1.807, 2.05) is 13.8 Å². The molecule has 1 saturated carbocycles. The minimum atomic E-state index is -0.356. The van der Waals surface area contributed by atoms with Gasteiger partial charge in [-0.3, -0.25) is 9.59 Å². The van der Waals surface area contributed by atoms with Gasteiger partial charge < -0.3 is 11.1 Å². The molecule has 128 valence electrons. The van der Waals surface area contributed by atoms with Gasteiger partial charge in [-0.25, -0.2) is 4.98 Å². The minimum Gasteiger partial charge on any atom is -0.369 e. The number of amides is 2. The van der Waals surface area contributed by atoms with Crippen LogP contribution in [0.25, 0.3) is 0 Å². The van der Waals surface area contributed by atoms with Crippen LogP contribution in [0.4, 0.5) is 0 Å². The number of nitrogens with zero attached hydrogens (tertiary/aromatic N) is 1. The number of carbonyl (C=O) groups excluding carboxylic acids is 2. The van der Waals surface area contributed by atoms with Crippen LogP contribution < -0.4 is 11.1 Å². The molecule has 0 radical (unpaired) electrons. The van der Waals surface area contributed by atoms with Gasteiger partial charge in [0, 0.05) is 10.9 Å². The zero-order valence-corrected chi connectivity index (χ0v) is 15.6. The van der Waals surface area contributed by atoms with Crippen LogP contribution >= 0.6 is 23.1 Å². The summed E-state index contributed by atoms with van der Waals surface area (Å²) in [4.78, 5) is 28.8. The van der Waals surface area contributed by atoms with Gasteiger partial charge >= 0.3 is 0 Å². The van der Waals surface area contributed by atoms with Crippen molar-refractivity contribution in [2.45, 2.75) is 68.5 Å². The highest BCUT2D eigenvalue weighted by molar-refractivity contribution is 8.02. The monoisotopic (exact) mass is 355 g/mol. The maximum atomic E-state index is 12.4. The summed E-state index contributed by atoms with van der Waals surface area (Å²) in [5, 5.41) is 2.99. The first-order valence-electron chi connectivity index (χ1n) is 8.08. The highest BCUT2D eigenvalue weighted by Crippen LogP contribution is 2.31. The van der Waals surface area contributed by atoms with Gasteiger partial charge in [-0.05, 0) is 32.6 Å². The van der Waals surface area contributed by atoms with E-state index in [1.165, 1.54) is 42.4 Å². The first kappa shape index (κ1) is 18.3. The molecule has 5 nitrogen and oxygen atoms in total. The fourth-order valence-electron chi connectivity index (χ4n) is 2.81. The first-order valence-corrected chi connectivity index (χ1v) is 9.78. The van der Waals surface area contributed by atoms with Gasteiger partial charge in [0.25, 0.3) is 0 Å². The molecule has 1 aromatic rings. The van der Waals surface area contributed by atoms with E-state index < -0.39 is 0 Å². The summed E-state index contributed by atoms with van der Waals surface area (Å²) in [6.07, 6.45) is 4.93. The summed E-state index contributed by atoms with van der Waals surface area (Å²) < 4.78 is 0.818. The normalized spacial score (nSPS) is 22.6. The molecule has 2 rings (SSSR count). The SMILES string of the molecule is Cc1nc(SC(C)C(=O)NC2CCCCC2C)sc1CC(N)=O. The Bertz CT molecular complexity index is 574. The molecule has 1 aromatic heterocycles. The Kier molecular flexibility index (Phi) is 6.47. The van der Waals surface area contributed by atoms with Crippen LogP contribution in [-0.4, -0.2) is 28.1 Å². The van der Waals surface area contributed by atoms with E-state index in [2.05, 4.69) is 17.2 Å². The summed E-state index contributed by atoms with van der Waals surface area (Å²) >= 11 is 2.90. The van der Waals surface area contributed by atoms with E-state index in [1.54, 1.807) is 0 Å². The van der Waals surface area contributed by atoms with E-state index in [0.29, 0.717) is 12.0 Å². The van der Waals surface area contributed by atoms with Crippen molar-refractivity contribution in [3.63, 3.8) is 0 Å². The lowest BCUT2D eigenvalue weighted by Gasteiger charge is -2.30. The third-order valence-electron chi connectivity index (χ3n) is 4.29. The van der Waals surface area contributed by atoms with Gasteiger partial charge in [0.1, 0.15) is 0 Å². The zero-order chi connectivity index (χ0) is 17.0. The first-order chi connectivity index (χ1) is 10.9. The Morgan fingerprint density at radius 1 is 1.43 bits per heavy atom. The van der Waals surface area contributed by atoms with Crippen molar-refractivity contribution < 1.29 is 9.59 Å². The van der Waals surface area contributed by atoms with Crippen molar-refractivity contribution in [1.82, 2.24) is 10.3 Å². The molecule has 1 fully saturated rings. The highest BCUT2D eigenvalue weighted by atomic mass is 32.2. The van der Waals surface area contributed by atoms with Crippen molar-refractivity contribution in [1.29, 1.82) is 0 Å². The van der Waals surface area contributed by atoms with E-state index in [9.17, 15) is 9.59 Å². The molecule has 7 heteroatoms. The number of nitrogens with two attached hydrogens (primary N) is 1. The second kappa shape index (κ2) is 8.15. The molecule has 0 aliphatic heterocycles. The number of aryl methyl sites for hydroxylation is 1. The van der Waals surface area contributed by atoms with Crippen LogP contribution in [0.1, 0.15) is 50.1 Å². The van der Waals surface area contributed by atoms with Crippen LogP contribution in [0.3, 0.4) is 0 Å². The molecule has 1 heterocycles. The van der Waals surface area contributed by atoms with Crippen molar-refractivity contribution in [3.05, 3.63) is 10.6 Å². The lowest BCUT2D eigenvalue weighted by atomic mass is 9.86. The summed E-state index contributed by atoms with van der Waals surface area (Å²) in [6, 6.07) is 0.294. The number of carbonyl (C=O) groups is 2. The Labute approximate surface area is 145 Å². The highest BCUT2D eigenvalue weighted by Gasteiger charge is 2.25.